The van der Waals surface area contributed by atoms with Crippen LogP contribution in [0.4, 0.5) is 0 Å². The molecule has 2 saturated heterocycles. The van der Waals surface area contributed by atoms with Gasteiger partial charge in [0.1, 0.15) is 0 Å². The van der Waals surface area contributed by atoms with Crippen LogP contribution in [0.2, 0.25) is 0 Å². The van der Waals surface area contributed by atoms with E-state index in [0.29, 0.717) is 26.1 Å². The standard InChI is InChI=1S/C26H27NO2/c28-26(23-13-7-12-22(14-23)21-10-5-2-6-11-21)15-24-18-29-19-25(16-26)27(24)17-20-8-3-1-4-9-20/h1-14,24-25,28H,15-19H2. The molecule has 0 saturated carbocycles. The van der Waals surface area contributed by atoms with Crippen LogP contribution < -0.4 is 0 Å². The summed E-state index contributed by atoms with van der Waals surface area (Å²) < 4.78 is 5.87. The summed E-state index contributed by atoms with van der Waals surface area (Å²) in [6.07, 6.45) is 1.41. The predicted molar refractivity (Wildman–Crippen MR) is 115 cm³/mol. The van der Waals surface area contributed by atoms with Crippen molar-refractivity contribution in [2.75, 3.05) is 13.2 Å². The summed E-state index contributed by atoms with van der Waals surface area (Å²) in [5.74, 6) is 0. The van der Waals surface area contributed by atoms with Crippen molar-refractivity contribution in [1.82, 2.24) is 4.90 Å². The van der Waals surface area contributed by atoms with Crippen LogP contribution in [0, 0.1) is 0 Å². The predicted octanol–water partition coefficient (Wildman–Crippen LogP) is 4.60. The molecule has 2 atom stereocenters. The average molecular weight is 386 g/mol. The highest BCUT2D eigenvalue weighted by atomic mass is 16.5. The molecule has 0 aromatic heterocycles. The van der Waals surface area contributed by atoms with Gasteiger partial charge in [-0.3, -0.25) is 4.90 Å². The van der Waals surface area contributed by atoms with E-state index in [1.54, 1.807) is 0 Å². The van der Waals surface area contributed by atoms with Crippen molar-refractivity contribution in [3.63, 3.8) is 0 Å². The van der Waals surface area contributed by atoms with E-state index in [2.05, 4.69) is 83.8 Å². The Morgan fingerprint density at radius 2 is 1.41 bits per heavy atom. The molecule has 3 aromatic carbocycles. The lowest BCUT2D eigenvalue weighted by molar-refractivity contribution is -0.149. The van der Waals surface area contributed by atoms with Gasteiger partial charge in [0.05, 0.1) is 18.8 Å². The number of nitrogens with zero attached hydrogens (tertiary/aromatic N) is 1. The van der Waals surface area contributed by atoms with Gasteiger partial charge in [-0.1, -0.05) is 78.9 Å². The maximum atomic E-state index is 11.7. The fourth-order valence-electron chi connectivity index (χ4n) is 4.95. The number of ether oxygens (including phenoxy) is 1. The quantitative estimate of drug-likeness (QED) is 0.712. The average Bonchev–Trinajstić information content (AvgIpc) is 2.76. The Bertz CT molecular complexity index is 943. The van der Waals surface area contributed by atoms with Crippen LogP contribution >= 0.6 is 0 Å². The van der Waals surface area contributed by atoms with Gasteiger partial charge in [-0.05, 0) is 41.2 Å². The van der Waals surface area contributed by atoms with E-state index in [4.69, 9.17) is 4.74 Å². The molecule has 2 fully saturated rings. The zero-order valence-electron chi connectivity index (χ0n) is 16.6. The molecule has 2 unspecified atom stereocenters. The Kier molecular flexibility index (Phi) is 4.96. The van der Waals surface area contributed by atoms with E-state index in [1.165, 1.54) is 11.1 Å². The number of morpholine rings is 1. The monoisotopic (exact) mass is 385 g/mol. The molecule has 5 rings (SSSR count). The second-order valence-electron chi connectivity index (χ2n) is 8.39. The molecule has 3 aromatic rings. The van der Waals surface area contributed by atoms with Gasteiger partial charge < -0.3 is 9.84 Å². The Labute approximate surface area is 172 Å². The molecule has 2 aliphatic rings. The van der Waals surface area contributed by atoms with E-state index in [-0.39, 0.29) is 12.1 Å². The molecule has 3 heteroatoms. The highest BCUT2D eigenvalue weighted by molar-refractivity contribution is 5.64. The molecule has 2 aliphatic heterocycles. The number of rotatable bonds is 4. The molecule has 148 valence electrons. The van der Waals surface area contributed by atoms with Gasteiger partial charge in [0.15, 0.2) is 0 Å². The number of hydrogen-bond donors (Lipinski definition) is 1. The van der Waals surface area contributed by atoms with E-state index < -0.39 is 5.60 Å². The van der Waals surface area contributed by atoms with Crippen molar-refractivity contribution in [2.24, 2.45) is 0 Å². The highest BCUT2D eigenvalue weighted by Crippen LogP contribution is 2.42. The first-order valence-corrected chi connectivity index (χ1v) is 10.5. The van der Waals surface area contributed by atoms with Crippen LogP contribution in [0.25, 0.3) is 11.1 Å². The van der Waals surface area contributed by atoms with Gasteiger partial charge in [0, 0.05) is 18.6 Å². The molecule has 0 radical (unpaired) electrons. The SMILES string of the molecule is OC1(c2cccc(-c3ccccc3)c2)CC2COCC(C1)N2Cc1ccccc1. The normalized spacial score (nSPS) is 26.9. The number of aliphatic hydroxyl groups is 1. The van der Waals surface area contributed by atoms with E-state index >= 15 is 0 Å². The number of benzene rings is 3. The third-order valence-electron chi connectivity index (χ3n) is 6.42. The molecule has 0 aliphatic carbocycles. The minimum Gasteiger partial charge on any atom is -0.385 e. The fourth-order valence-corrected chi connectivity index (χ4v) is 4.95. The minimum absolute atomic E-state index is 0.230. The molecule has 0 amide bonds. The second kappa shape index (κ2) is 7.75. The van der Waals surface area contributed by atoms with Crippen molar-refractivity contribution in [1.29, 1.82) is 0 Å². The summed E-state index contributed by atoms with van der Waals surface area (Å²) in [5, 5.41) is 11.7. The second-order valence-corrected chi connectivity index (χ2v) is 8.39. The lowest BCUT2D eigenvalue weighted by atomic mass is 9.76. The van der Waals surface area contributed by atoms with Gasteiger partial charge in [-0.2, -0.15) is 0 Å². The Hall–Kier alpha value is -2.46. The summed E-state index contributed by atoms with van der Waals surface area (Å²) in [6, 6.07) is 29.9. The first-order chi connectivity index (χ1) is 14.2. The van der Waals surface area contributed by atoms with Crippen LogP contribution in [-0.2, 0) is 16.9 Å². The molecule has 29 heavy (non-hydrogen) atoms. The summed E-state index contributed by atoms with van der Waals surface area (Å²) in [6.45, 7) is 2.29. The van der Waals surface area contributed by atoms with Crippen molar-refractivity contribution in [3.05, 3.63) is 96.1 Å². The minimum atomic E-state index is -0.808. The van der Waals surface area contributed by atoms with Crippen LogP contribution in [0.3, 0.4) is 0 Å². The van der Waals surface area contributed by atoms with Crippen LogP contribution in [0.5, 0.6) is 0 Å². The maximum Gasteiger partial charge on any atom is 0.0928 e. The number of piperidine rings is 1. The summed E-state index contributed by atoms with van der Waals surface area (Å²) in [7, 11) is 0. The summed E-state index contributed by atoms with van der Waals surface area (Å²) in [4.78, 5) is 2.54. The van der Waals surface area contributed by atoms with Crippen molar-refractivity contribution in [2.45, 2.75) is 37.1 Å². The number of fused-ring (bicyclic) bond motifs is 2. The topological polar surface area (TPSA) is 32.7 Å². The zero-order valence-corrected chi connectivity index (χ0v) is 16.6. The first kappa shape index (κ1) is 18.6. The fraction of sp³-hybridized carbons (Fsp3) is 0.308. The molecule has 1 N–H and O–H groups in total. The summed E-state index contributed by atoms with van der Waals surface area (Å²) >= 11 is 0. The maximum absolute atomic E-state index is 11.7. The molecule has 2 bridgehead atoms. The largest absolute Gasteiger partial charge is 0.385 e. The van der Waals surface area contributed by atoms with E-state index in [0.717, 1.165) is 17.7 Å². The van der Waals surface area contributed by atoms with Crippen molar-refractivity contribution >= 4 is 0 Å². The molecule has 2 heterocycles. The number of hydrogen-bond acceptors (Lipinski definition) is 3. The molecule has 3 nitrogen and oxygen atoms in total. The van der Waals surface area contributed by atoms with Gasteiger partial charge in [0.2, 0.25) is 0 Å². The van der Waals surface area contributed by atoms with E-state index in [1.807, 2.05) is 6.07 Å². The van der Waals surface area contributed by atoms with Crippen LogP contribution in [-0.4, -0.2) is 35.3 Å². The third-order valence-corrected chi connectivity index (χ3v) is 6.42. The van der Waals surface area contributed by atoms with Crippen molar-refractivity contribution < 1.29 is 9.84 Å². The highest BCUT2D eigenvalue weighted by Gasteiger charge is 2.46. The van der Waals surface area contributed by atoms with Gasteiger partial charge in [0.25, 0.3) is 0 Å². The van der Waals surface area contributed by atoms with Gasteiger partial charge >= 0.3 is 0 Å². The lowest BCUT2D eigenvalue weighted by Crippen LogP contribution is -2.60. The molecular formula is C26H27NO2. The Morgan fingerprint density at radius 1 is 0.793 bits per heavy atom. The Balaban J connectivity index is 1.41. The van der Waals surface area contributed by atoms with Crippen LogP contribution in [0.1, 0.15) is 24.0 Å². The van der Waals surface area contributed by atoms with E-state index in [9.17, 15) is 5.11 Å². The van der Waals surface area contributed by atoms with Gasteiger partial charge in [-0.15, -0.1) is 0 Å². The first-order valence-electron chi connectivity index (χ1n) is 10.5. The third kappa shape index (κ3) is 3.74. The molecular weight excluding hydrogens is 358 g/mol. The molecule has 0 spiro atoms. The van der Waals surface area contributed by atoms with Crippen LogP contribution in [0.15, 0.2) is 84.9 Å². The Morgan fingerprint density at radius 3 is 2.10 bits per heavy atom. The zero-order chi connectivity index (χ0) is 19.7. The van der Waals surface area contributed by atoms with Gasteiger partial charge in [-0.25, -0.2) is 0 Å². The lowest BCUT2D eigenvalue weighted by Gasteiger charge is -2.52. The van der Waals surface area contributed by atoms with Crippen molar-refractivity contribution in [3.8, 4) is 11.1 Å². The smallest absolute Gasteiger partial charge is 0.0928 e. The summed E-state index contributed by atoms with van der Waals surface area (Å²) in [5.41, 5.74) is 3.88.